The van der Waals surface area contributed by atoms with Crippen LogP contribution in [0.15, 0.2) is 23.3 Å². The molecule has 3 rings (SSSR count). The number of aromatic amines is 1. The maximum absolute atomic E-state index is 12.9. The fraction of sp³-hybridized carbons (Fsp3) is 0.550. The summed E-state index contributed by atoms with van der Waals surface area (Å²) in [5.41, 5.74) is -3.61. The molecule has 1 N–H and O–H groups in total. The van der Waals surface area contributed by atoms with Crippen molar-refractivity contribution >= 4 is 11.9 Å². The maximum atomic E-state index is 12.9. The van der Waals surface area contributed by atoms with E-state index in [-0.39, 0.29) is 36.6 Å². The Balaban J connectivity index is 1.52. The fourth-order valence-corrected chi connectivity index (χ4v) is 3.47. The van der Waals surface area contributed by atoms with E-state index in [1.54, 1.807) is 28.7 Å². The van der Waals surface area contributed by atoms with Crippen molar-refractivity contribution in [2.45, 2.75) is 38.3 Å². The Bertz CT molecular complexity index is 1080. The van der Waals surface area contributed by atoms with Crippen LogP contribution in [0.25, 0.3) is 0 Å². The van der Waals surface area contributed by atoms with Crippen molar-refractivity contribution in [3.8, 4) is 0 Å². The Morgan fingerprint density at radius 2 is 1.69 bits per heavy atom. The van der Waals surface area contributed by atoms with Crippen LogP contribution in [-0.4, -0.2) is 75.1 Å². The zero-order valence-electron chi connectivity index (χ0n) is 18.8. The molecule has 35 heavy (non-hydrogen) atoms. The predicted molar refractivity (Wildman–Crippen MR) is 111 cm³/mol. The number of alkyl halides is 6. The first-order valence-corrected chi connectivity index (χ1v) is 10.5. The number of carbonyl (C=O) groups is 1. The van der Waals surface area contributed by atoms with E-state index in [2.05, 4.69) is 15.1 Å². The lowest BCUT2D eigenvalue weighted by Gasteiger charge is -2.36. The van der Waals surface area contributed by atoms with Gasteiger partial charge in [-0.3, -0.25) is 14.5 Å². The number of carbonyl (C=O) groups excluding carboxylic acids is 1. The highest BCUT2D eigenvalue weighted by molar-refractivity contribution is 5.77. The molecule has 9 nitrogen and oxygen atoms in total. The predicted octanol–water partition coefficient (Wildman–Crippen LogP) is 2.16. The molecule has 0 spiro atoms. The zero-order valence-corrected chi connectivity index (χ0v) is 18.8. The second-order valence-electron chi connectivity index (χ2n) is 8.21. The van der Waals surface area contributed by atoms with Gasteiger partial charge in [-0.25, -0.2) is 15.1 Å². The summed E-state index contributed by atoms with van der Waals surface area (Å²) >= 11 is 0. The highest BCUT2D eigenvalue weighted by Crippen LogP contribution is 2.29. The number of piperazine rings is 1. The van der Waals surface area contributed by atoms with Gasteiger partial charge < -0.3 is 9.80 Å². The van der Waals surface area contributed by atoms with Gasteiger partial charge in [0.05, 0.1) is 11.3 Å². The molecule has 1 aliphatic rings. The molecule has 0 radical (unpaired) electrons. The van der Waals surface area contributed by atoms with Gasteiger partial charge in [-0.05, 0) is 20.0 Å². The van der Waals surface area contributed by atoms with Crippen molar-refractivity contribution < 1.29 is 31.1 Å². The molecule has 2 aromatic rings. The van der Waals surface area contributed by atoms with Crippen LogP contribution in [0.2, 0.25) is 0 Å². The molecule has 1 atom stereocenters. The van der Waals surface area contributed by atoms with Crippen LogP contribution in [0, 0.1) is 0 Å². The number of aromatic nitrogens is 4. The van der Waals surface area contributed by atoms with Crippen LogP contribution < -0.4 is 10.5 Å². The van der Waals surface area contributed by atoms with E-state index in [0.29, 0.717) is 44.6 Å². The molecule has 1 saturated heterocycles. The van der Waals surface area contributed by atoms with Crippen molar-refractivity contribution in [3.63, 3.8) is 0 Å². The van der Waals surface area contributed by atoms with Crippen molar-refractivity contribution in [1.82, 2.24) is 30.0 Å². The minimum absolute atomic E-state index is 0.00359. The Morgan fingerprint density at radius 3 is 2.23 bits per heavy atom. The van der Waals surface area contributed by atoms with Crippen molar-refractivity contribution in [2.24, 2.45) is 0 Å². The van der Waals surface area contributed by atoms with Crippen LogP contribution in [-0.2, 0) is 23.7 Å². The smallest absolute Gasteiger partial charge is 0.339 e. The van der Waals surface area contributed by atoms with Gasteiger partial charge in [-0.2, -0.15) is 31.4 Å². The second-order valence-corrected chi connectivity index (χ2v) is 8.21. The van der Waals surface area contributed by atoms with Gasteiger partial charge in [0, 0.05) is 57.6 Å². The van der Waals surface area contributed by atoms with Gasteiger partial charge in [0.1, 0.15) is 5.56 Å². The standard InChI is InChI=1S/C20H23F6N7O2/c1-12(31(2)11-14-8-15(20(24,25)26)17(35)30-29-14)7-16(34)32-3-5-33(6-4-32)18-27-9-13(10-28-18)19(21,22)23/h8-10,12H,3-7,11H2,1-2H3,(H,30,35). The Morgan fingerprint density at radius 1 is 1.09 bits per heavy atom. The molecule has 1 fully saturated rings. The Hall–Kier alpha value is -3.23. The molecule has 1 aliphatic heterocycles. The van der Waals surface area contributed by atoms with Crippen LogP contribution >= 0.6 is 0 Å². The van der Waals surface area contributed by atoms with E-state index in [0.717, 1.165) is 0 Å². The number of rotatable bonds is 6. The van der Waals surface area contributed by atoms with E-state index in [1.165, 1.54) is 0 Å². The SMILES string of the molecule is CC(CC(=O)N1CCN(c2ncc(C(F)(F)F)cn2)CC1)N(C)Cc1cc(C(F)(F)F)c(=O)[nH]n1. The van der Waals surface area contributed by atoms with Gasteiger partial charge in [-0.15, -0.1) is 0 Å². The average molecular weight is 507 g/mol. The highest BCUT2D eigenvalue weighted by Gasteiger charge is 2.35. The maximum Gasteiger partial charge on any atom is 0.421 e. The van der Waals surface area contributed by atoms with E-state index in [9.17, 15) is 35.9 Å². The third kappa shape index (κ3) is 6.68. The summed E-state index contributed by atoms with van der Waals surface area (Å²) in [6, 6.07) is 0.341. The summed E-state index contributed by atoms with van der Waals surface area (Å²) in [5.74, 6) is -0.0347. The van der Waals surface area contributed by atoms with Gasteiger partial charge in [-0.1, -0.05) is 0 Å². The third-order valence-corrected chi connectivity index (χ3v) is 5.68. The van der Waals surface area contributed by atoms with Gasteiger partial charge in [0.25, 0.3) is 5.56 Å². The molecule has 0 aromatic carbocycles. The minimum Gasteiger partial charge on any atom is -0.339 e. The molecular formula is C20H23F6N7O2. The van der Waals surface area contributed by atoms with Crippen LogP contribution in [0.3, 0.4) is 0 Å². The lowest BCUT2D eigenvalue weighted by molar-refractivity contribution is -0.139. The average Bonchev–Trinajstić information content (AvgIpc) is 2.79. The van der Waals surface area contributed by atoms with Crippen molar-refractivity contribution in [2.75, 3.05) is 38.1 Å². The summed E-state index contributed by atoms with van der Waals surface area (Å²) < 4.78 is 76.8. The normalized spacial score (nSPS) is 16.0. The zero-order chi connectivity index (χ0) is 26.0. The number of nitrogens with one attached hydrogen (secondary N) is 1. The topological polar surface area (TPSA) is 98.3 Å². The molecule has 2 aromatic heterocycles. The number of amides is 1. The highest BCUT2D eigenvalue weighted by atomic mass is 19.4. The minimum atomic E-state index is -4.81. The van der Waals surface area contributed by atoms with E-state index in [1.807, 2.05) is 5.10 Å². The number of hydrogen-bond donors (Lipinski definition) is 1. The molecular weight excluding hydrogens is 484 g/mol. The van der Waals surface area contributed by atoms with Crippen molar-refractivity contribution in [1.29, 1.82) is 0 Å². The quantitative estimate of drug-likeness (QED) is 0.599. The van der Waals surface area contributed by atoms with Gasteiger partial charge in [0.2, 0.25) is 11.9 Å². The number of halogens is 6. The summed E-state index contributed by atoms with van der Waals surface area (Å²) in [4.78, 5) is 36.5. The summed E-state index contributed by atoms with van der Waals surface area (Å²) in [6.07, 6.45) is -7.82. The molecule has 15 heteroatoms. The number of anilines is 1. The van der Waals surface area contributed by atoms with Crippen LogP contribution in [0.4, 0.5) is 32.3 Å². The lowest BCUT2D eigenvalue weighted by Crippen LogP contribution is -2.50. The molecule has 1 amide bonds. The molecule has 1 unspecified atom stereocenters. The molecule has 0 bridgehead atoms. The summed E-state index contributed by atoms with van der Waals surface area (Å²) in [6.45, 7) is 3.02. The summed E-state index contributed by atoms with van der Waals surface area (Å²) in [5, 5.41) is 5.49. The number of H-pyrrole nitrogens is 1. The first-order chi connectivity index (χ1) is 16.3. The molecule has 3 heterocycles. The molecule has 0 aliphatic carbocycles. The van der Waals surface area contributed by atoms with E-state index in [4.69, 9.17) is 0 Å². The Kier molecular flexibility index (Phi) is 7.67. The largest absolute Gasteiger partial charge is 0.421 e. The van der Waals surface area contributed by atoms with Crippen LogP contribution in [0.1, 0.15) is 30.2 Å². The van der Waals surface area contributed by atoms with Gasteiger partial charge >= 0.3 is 12.4 Å². The number of nitrogens with zero attached hydrogens (tertiary/aromatic N) is 6. The third-order valence-electron chi connectivity index (χ3n) is 5.68. The van der Waals surface area contributed by atoms with E-state index >= 15 is 0 Å². The molecule has 0 saturated carbocycles. The first kappa shape index (κ1) is 26.4. The van der Waals surface area contributed by atoms with E-state index < -0.39 is 29.0 Å². The fourth-order valence-electron chi connectivity index (χ4n) is 3.47. The van der Waals surface area contributed by atoms with Crippen molar-refractivity contribution in [3.05, 3.63) is 45.6 Å². The Labute approximate surface area is 195 Å². The lowest BCUT2D eigenvalue weighted by atomic mass is 10.1. The number of hydrogen-bond acceptors (Lipinski definition) is 7. The van der Waals surface area contributed by atoms with Gasteiger partial charge in [0.15, 0.2) is 0 Å². The second kappa shape index (κ2) is 10.2. The first-order valence-electron chi connectivity index (χ1n) is 10.5. The monoisotopic (exact) mass is 507 g/mol. The summed E-state index contributed by atoms with van der Waals surface area (Å²) in [7, 11) is 1.62. The van der Waals surface area contributed by atoms with Crippen LogP contribution in [0.5, 0.6) is 0 Å². The molecule has 192 valence electrons.